The van der Waals surface area contributed by atoms with Gasteiger partial charge in [-0.05, 0) is 12.1 Å². The van der Waals surface area contributed by atoms with Gasteiger partial charge in [0.15, 0.2) is 0 Å². The normalized spacial score (nSPS) is 23.7. The van der Waals surface area contributed by atoms with Gasteiger partial charge in [0.1, 0.15) is 5.69 Å². The number of methoxy groups -OCH3 is 2. The summed E-state index contributed by atoms with van der Waals surface area (Å²) >= 11 is 0. The minimum atomic E-state index is -1.01. The lowest BCUT2D eigenvalue weighted by Crippen LogP contribution is -2.27. The minimum absolute atomic E-state index is 0.0488. The highest BCUT2D eigenvalue weighted by Crippen LogP contribution is 2.17. The quantitative estimate of drug-likeness (QED) is 0.842. The number of hydrogen-bond donors (Lipinski definition) is 1. The molecule has 0 aromatic carbocycles. The first kappa shape index (κ1) is 13.9. The number of aromatic carboxylic acids is 1. The zero-order chi connectivity index (χ0) is 13.8. The maximum Gasteiger partial charge on any atom is 0.354 e. The fourth-order valence-corrected chi connectivity index (χ4v) is 2.32. The van der Waals surface area contributed by atoms with Gasteiger partial charge in [0.25, 0.3) is 0 Å². The molecular weight excluding hydrogens is 248 g/mol. The zero-order valence-corrected chi connectivity index (χ0v) is 11.1. The number of likely N-dealkylation sites (tertiary alicyclic amines) is 1. The van der Waals surface area contributed by atoms with Crippen LogP contribution in [0.5, 0.6) is 0 Å². The summed E-state index contributed by atoms with van der Waals surface area (Å²) in [4.78, 5) is 17.1. The van der Waals surface area contributed by atoms with Crippen molar-refractivity contribution in [1.29, 1.82) is 0 Å². The molecular formula is C13H18N2O4. The van der Waals surface area contributed by atoms with E-state index in [2.05, 4.69) is 9.88 Å². The molecule has 0 radical (unpaired) electrons. The van der Waals surface area contributed by atoms with E-state index >= 15 is 0 Å². The largest absolute Gasteiger partial charge is 0.477 e. The van der Waals surface area contributed by atoms with Gasteiger partial charge in [0, 0.05) is 33.9 Å². The molecule has 0 bridgehead atoms. The standard InChI is InChI=1S/C13H18N2O4/c1-18-11-7-15(8-12(11)19-2)6-9-4-3-5-10(14-9)13(16)17/h3-5,11-12H,6-8H2,1-2H3,(H,16,17). The van der Waals surface area contributed by atoms with Crippen molar-refractivity contribution in [1.82, 2.24) is 9.88 Å². The van der Waals surface area contributed by atoms with Crippen LogP contribution in [-0.2, 0) is 16.0 Å². The molecule has 1 fully saturated rings. The van der Waals surface area contributed by atoms with Crippen molar-refractivity contribution in [3.05, 3.63) is 29.6 Å². The van der Waals surface area contributed by atoms with Crippen LogP contribution >= 0.6 is 0 Å². The van der Waals surface area contributed by atoms with Crippen LogP contribution in [0.15, 0.2) is 18.2 Å². The molecule has 0 saturated carbocycles. The lowest BCUT2D eigenvalue weighted by atomic mass is 10.3. The average Bonchev–Trinajstić information content (AvgIpc) is 2.81. The highest BCUT2D eigenvalue weighted by molar-refractivity contribution is 5.85. The van der Waals surface area contributed by atoms with E-state index in [1.165, 1.54) is 6.07 Å². The van der Waals surface area contributed by atoms with Crippen molar-refractivity contribution in [2.75, 3.05) is 27.3 Å². The molecule has 104 valence electrons. The summed E-state index contributed by atoms with van der Waals surface area (Å²) in [6.07, 6.45) is 0.0975. The van der Waals surface area contributed by atoms with Gasteiger partial charge in [-0.3, -0.25) is 4.90 Å². The van der Waals surface area contributed by atoms with E-state index in [0.717, 1.165) is 18.8 Å². The molecule has 1 saturated heterocycles. The van der Waals surface area contributed by atoms with Gasteiger partial charge in [0.2, 0.25) is 0 Å². The fraction of sp³-hybridized carbons (Fsp3) is 0.538. The minimum Gasteiger partial charge on any atom is -0.477 e. The molecule has 0 aliphatic carbocycles. The SMILES string of the molecule is COC1CN(Cc2cccc(C(=O)O)n2)CC1OC. The molecule has 2 rings (SSSR count). The van der Waals surface area contributed by atoms with Crippen molar-refractivity contribution >= 4 is 5.97 Å². The summed E-state index contributed by atoms with van der Waals surface area (Å²) in [7, 11) is 3.34. The second-order valence-electron chi connectivity index (χ2n) is 4.56. The summed E-state index contributed by atoms with van der Waals surface area (Å²) in [5.74, 6) is -1.01. The van der Waals surface area contributed by atoms with Crippen LogP contribution in [0.3, 0.4) is 0 Å². The Morgan fingerprint density at radius 3 is 2.53 bits per heavy atom. The van der Waals surface area contributed by atoms with Crippen LogP contribution in [0.1, 0.15) is 16.2 Å². The lowest BCUT2D eigenvalue weighted by Gasteiger charge is -2.14. The fourth-order valence-electron chi connectivity index (χ4n) is 2.32. The third kappa shape index (κ3) is 3.28. The third-order valence-electron chi connectivity index (χ3n) is 3.31. The van der Waals surface area contributed by atoms with E-state index < -0.39 is 5.97 Å². The Hall–Kier alpha value is -1.50. The number of hydrogen-bond acceptors (Lipinski definition) is 5. The molecule has 1 aromatic rings. The first-order chi connectivity index (χ1) is 9.13. The van der Waals surface area contributed by atoms with Crippen LogP contribution in [-0.4, -0.2) is 60.5 Å². The van der Waals surface area contributed by atoms with E-state index in [1.54, 1.807) is 20.3 Å². The van der Waals surface area contributed by atoms with Crippen molar-refractivity contribution in [3.63, 3.8) is 0 Å². The van der Waals surface area contributed by atoms with E-state index in [-0.39, 0.29) is 17.9 Å². The lowest BCUT2D eigenvalue weighted by molar-refractivity contribution is -0.00461. The van der Waals surface area contributed by atoms with Gasteiger partial charge in [0.05, 0.1) is 17.9 Å². The summed E-state index contributed by atoms with van der Waals surface area (Å²) < 4.78 is 10.7. The first-order valence-electron chi connectivity index (χ1n) is 6.11. The Balaban J connectivity index is 2.02. The first-order valence-corrected chi connectivity index (χ1v) is 6.11. The number of nitrogens with zero attached hydrogens (tertiary/aromatic N) is 2. The number of pyridine rings is 1. The number of carboxylic acid groups (broad SMARTS) is 1. The summed E-state index contributed by atoms with van der Waals surface area (Å²) in [5.41, 5.74) is 0.815. The van der Waals surface area contributed by atoms with Crippen LogP contribution in [0.25, 0.3) is 0 Å². The van der Waals surface area contributed by atoms with Gasteiger partial charge in [-0.1, -0.05) is 6.07 Å². The highest BCUT2D eigenvalue weighted by Gasteiger charge is 2.32. The van der Waals surface area contributed by atoms with Gasteiger partial charge in [-0.2, -0.15) is 0 Å². The predicted octanol–water partition coefficient (Wildman–Crippen LogP) is 0.625. The summed E-state index contributed by atoms with van der Waals surface area (Å²) in [5, 5.41) is 8.91. The van der Waals surface area contributed by atoms with E-state index in [1.807, 2.05) is 6.07 Å². The average molecular weight is 266 g/mol. The Bertz CT molecular complexity index is 440. The molecule has 2 heterocycles. The van der Waals surface area contributed by atoms with Crippen LogP contribution in [0, 0.1) is 0 Å². The van der Waals surface area contributed by atoms with Crippen molar-refractivity contribution < 1.29 is 19.4 Å². The Morgan fingerprint density at radius 2 is 2.00 bits per heavy atom. The maximum absolute atomic E-state index is 10.9. The van der Waals surface area contributed by atoms with Crippen molar-refractivity contribution in [3.8, 4) is 0 Å². The van der Waals surface area contributed by atoms with Gasteiger partial charge in [-0.25, -0.2) is 9.78 Å². The van der Waals surface area contributed by atoms with Crippen LogP contribution in [0.2, 0.25) is 0 Å². The number of ether oxygens (including phenoxy) is 2. The Morgan fingerprint density at radius 1 is 1.37 bits per heavy atom. The predicted molar refractivity (Wildman–Crippen MR) is 68.1 cm³/mol. The molecule has 1 N–H and O–H groups in total. The topological polar surface area (TPSA) is 71.9 Å². The second-order valence-corrected chi connectivity index (χ2v) is 4.56. The maximum atomic E-state index is 10.9. The molecule has 1 aliphatic rings. The third-order valence-corrected chi connectivity index (χ3v) is 3.31. The summed E-state index contributed by atoms with van der Waals surface area (Å²) in [6.45, 7) is 2.11. The number of rotatable bonds is 5. The van der Waals surface area contributed by atoms with Gasteiger partial charge in [-0.15, -0.1) is 0 Å². The molecule has 0 amide bonds. The Labute approximate surface area is 112 Å². The van der Waals surface area contributed by atoms with E-state index in [0.29, 0.717) is 6.54 Å². The zero-order valence-electron chi connectivity index (χ0n) is 11.1. The molecule has 1 aliphatic heterocycles. The molecule has 19 heavy (non-hydrogen) atoms. The number of carbonyl (C=O) groups is 1. The summed E-state index contributed by atoms with van der Waals surface area (Å²) in [6, 6.07) is 5.03. The van der Waals surface area contributed by atoms with Crippen LogP contribution in [0.4, 0.5) is 0 Å². The van der Waals surface area contributed by atoms with Gasteiger partial charge < -0.3 is 14.6 Å². The molecule has 0 spiro atoms. The van der Waals surface area contributed by atoms with Crippen LogP contribution < -0.4 is 0 Å². The number of carboxylic acids is 1. The molecule has 1 aromatic heterocycles. The van der Waals surface area contributed by atoms with Crippen molar-refractivity contribution in [2.45, 2.75) is 18.8 Å². The van der Waals surface area contributed by atoms with Crippen molar-refractivity contribution in [2.24, 2.45) is 0 Å². The highest BCUT2D eigenvalue weighted by atomic mass is 16.5. The molecule has 6 heteroatoms. The molecule has 2 atom stereocenters. The molecule has 2 unspecified atom stereocenters. The number of aromatic nitrogens is 1. The monoisotopic (exact) mass is 266 g/mol. The van der Waals surface area contributed by atoms with E-state index in [4.69, 9.17) is 14.6 Å². The Kier molecular flexibility index (Phi) is 4.47. The second kappa shape index (κ2) is 6.10. The smallest absolute Gasteiger partial charge is 0.354 e. The van der Waals surface area contributed by atoms with Gasteiger partial charge >= 0.3 is 5.97 Å². The van der Waals surface area contributed by atoms with E-state index in [9.17, 15) is 4.79 Å². The molecule has 6 nitrogen and oxygen atoms in total.